The van der Waals surface area contributed by atoms with Gasteiger partial charge in [0.15, 0.2) is 0 Å². The first-order valence-corrected chi connectivity index (χ1v) is 16.8. The number of hydrogen-bond donors (Lipinski definition) is 0. The van der Waals surface area contributed by atoms with Gasteiger partial charge in [-0.2, -0.15) is 11.6 Å². The van der Waals surface area contributed by atoms with E-state index in [0.29, 0.717) is 11.3 Å². The molecule has 5 rings (SSSR count). The SMILES string of the molecule is CC(C)(C)c1ccc2c(c1)[cH-]c1cc(C(C)(C)C)ccc12.CCCC1[C-]=CC(C(C)(C)C)=C1.C[C](=[Zr+2])c1ccccc1. The number of hydrogen-bond acceptors (Lipinski definition) is 0. The van der Waals surface area contributed by atoms with Gasteiger partial charge in [0.1, 0.15) is 0 Å². The number of fused-ring (bicyclic) bond motifs is 3. The summed E-state index contributed by atoms with van der Waals surface area (Å²) in [6.45, 7) is 24.8. The van der Waals surface area contributed by atoms with Crippen LogP contribution in [-0.2, 0) is 35.1 Å². The first-order valence-electron chi connectivity index (χ1n) is 15.6. The van der Waals surface area contributed by atoms with E-state index in [2.05, 4.69) is 161 Å². The van der Waals surface area contributed by atoms with Gasteiger partial charge in [-0.25, -0.2) is 6.08 Å². The summed E-state index contributed by atoms with van der Waals surface area (Å²) in [6.07, 6.45) is 10.4. The Labute approximate surface area is 272 Å². The van der Waals surface area contributed by atoms with Crippen molar-refractivity contribution in [2.45, 2.75) is 99.8 Å². The number of allylic oxidation sites excluding steroid dienone is 4. The van der Waals surface area contributed by atoms with Crippen LogP contribution in [0.2, 0.25) is 0 Å². The van der Waals surface area contributed by atoms with Crippen LogP contribution in [0.1, 0.15) is 106 Å². The molecule has 0 heterocycles. The summed E-state index contributed by atoms with van der Waals surface area (Å²) in [4.78, 5) is 0. The first kappa shape index (κ1) is 34.3. The van der Waals surface area contributed by atoms with Crippen molar-refractivity contribution < 1.29 is 24.2 Å². The predicted molar refractivity (Wildman–Crippen MR) is 184 cm³/mol. The summed E-state index contributed by atoms with van der Waals surface area (Å²) >= 11 is 1.51. The van der Waals surface area contributed by atoms with Gasteiger partial charge in [-0.05, 0) is 10.8 Å². The molecule has 0 saturated carbocycles. The molecule has 0 N–H and O–H groups in total. The second-order valence-corrected chi connectivity index (χ2v) is 16.7. The molecule has 0 bridgehead atoms. The van der Waals surface area contributed by atoms with Gasteiger partial charge < -0.3 is 0 Å². The van der Waals surface area contributed by atoms with Gasteiger partial charge in [-0.15, -0.1) is 39.7 Å². The fourth-order valence-corrected chi connectivity index (χ4v) is 5.51. The Balaban J connectivity index is 0.000000194. The van der Waals surface area contributed by atoms with Crippen LogP contribution < -0.4 is 0 Å². The van der Waals surface area contributed by atoms with Gasteiger partial charge in [-0.1, -0.05) is 129 Å². The van der Waals surface area contributed by atoms with Crippen LogP contribution in [0.25, 0.3) is 21.5 Å². The topological polar surface area (TPSA) is 0 Å². The Morgan fingerprint density at radius 3 is 1.60 bits per heavy atom. The molecule has 1 heteroatoms. The minimum absolute atomic E-state index is 0.203. The zero-order chi connectivity index (χ0) is 31.3. The molecule has 0 fully saturated rings. The second kappa shape index (κ2) is 14.0. The molecule has 0 radical (unpaired) electrons. The Hall–Kier alpha value is -2.24. The summed E-state index contributed by atoms with van der Waals surface area (Å²) in [7, 11) is 0. The average molecular weight is 636 g/mol. The monoisotopic (exact) mass is 634 g/mol. The molecule has 1 atom stereocenters. The van der Waals surface area contributed by atoms with E-state index in [9.17, 15) is 0 Å². The summed E-state index contributed by atoms with van der Waals surface area (Å²) in [5.41, 5.74) is 6.33. The first-order chi connectivity index (χ1) is 19.5. The van der Waals surface area contributed by atoms with Crippen LogP contribution in [0.5, 0.6) is 0 Å². The summed E-state index contributed by atoms with van der Waals surface area (Å²) in [5, 5.41) is 5.48. The van der Waals surface area contributed by atoms with E-state index < -0.39 is 0 Å². The normalized spacial score (nSPS) is 15.2. The maximum atomic E-state index is 3.40. The van der Waals surface area contributed by atoms with Crippen molar-refractivity contribution in [2.24, 2.45) is 11.3 Å². The van der Waals surface area contributed by atoms with E-state index in [1.165, 1.54) is 84.1 Å². The molecular formula is C41H52Zr. The quantitative estimate of drug-likeness (QED) is 0.197. The summed E-state index contributed by atoms with van der Waals surface area (Å²) in [5.74, 6) is 0.587. The van der Waals surface area contributed by atoms with Crippen LogP contribution in [0, 0.1) is 17.4 Å². The van der Waals surface area contributed by atoms with E-state index in [1.807, 2.05) is 6.07 Å². The fraction of sp³-hybridized carbons (Fsp3) is 0.415. The van der Waals surface area contributed by atoms with Crippen LogP contribution >= 0.6 is 0 Å². The molecule has 0 spiro atoms. The Morgan fingerprint density at radius 1 is 0.738 bits per heavy atom. The molecule has 4 aromatic rings. The van der Waals surface area contributed by atoms with Crippen molar-refractivity contribution in [3.05, 3.63) is 113 Å². The van der Waals surface area contributed by atoms with Crippen molar-refractivity contribution in [3.8, 4) is 0 Å². The third-order valence-electron chi connectivity index (χ3n) is 7.94. The van der Waals surface area contributed by atoms with Crippen molar-refractivity contribution in [2.75, 3.05) is 0 Å². The van der Waals surface area contributed by atoms with Crippen LogP contribution in [0.3, 0.4) is 0 Å². The zero-order valence-electron chi connectivity index (χ0n) is 28.1. The fourth-order valence-electron chi connectivity index (χ4n) is 5.10. The van der Waals surface area contributed by atoms with Crippen molar-refractivity contribution in [1.29, 1.82) is 0 Å². The zero-order valence-corrected chi connectivity index (χ0v) is 30.5. The molecule has 0 aromatic heterocycles. The molecule has 0 aliphatic heterocycles. The Kier molecular flexibility index (Phi) is 11.4. The van der Waals surface area contributed by atoms with E-state index in [-0.39, 0.29) is 10.8 Å². The van der Waals surface area contributed by atoms with Crippen LogP contribution in [0.4, 0.5) is 0 Å². The van der Waals surface area contributed by atoms with Crippen LogP contribution in [-0.4, -0.2) is 3.21 Å². The number of benzene rings is 3. The van der Waals surface area contributed by atoms with Gasteiger partial charge in [-0.3, -0.25) is 6.08 Å². The molecular weight excluding hydrogens is 584 g/mol. The molecule has 1 aliphatic rings. The Morgan fingerprint density at radius 2 is 1.24 bits per heavy atom. The molecule has 1 unspecified atom stereocenters. The van der Waals surface area contributed by atoms with E-state index in [1.54, 1.807) is 0 Å². The minimum atomic E-state index is 0.203. The van der Waals surface area contributed by atoms with Gasteiger partial charge >= 0.3 is 70.3 Å². The predicted octanol–water partition coefficient (Wildman–Crippen LogP) is 11.8. The number of rotatable bonds is 3. The average Bonchev–Trinajstić information content (AvgIpc) is 3.53. The van der Waals surface area contributed by atoms with E-state index >= 15 is 0 Å². The van der Waals surface area contributed by atoms with Gasteiger partial charge in [0.05, 0.1) is 0 Å². The summed E-state index contributed by atoms with van der Waals surface area (Å²) in [6, 6.07) is 26.7. The van der Waals surface area contributed by atoms with Crippen molar-refractivity contribution >= 4 is 24.8 Å². The maximum absolute atomic E-state index is 3.40. The van der Waals surface area contributed by atoms with Crippen molar-refractivity contribution in [1.82, 2.24) is 0 Å². The summed E-state index contributed by atoms with van der Waals surface area (Å²) < 4.78 is 1.46. The third-order valence-corrected chi connectivity index (χ3v) is 8.65. The molecule has 4 aromatic carbocycles. The van der Waals surface area contributed by atoms with Gasteiger partial charge in [0, 0.05) is 0 Å². The standard InChI is InChI=1S/C21H25.C12H19.C8H8.Zr/c1-20(2,3)16-7-9-18-14(12-16)11-15-13-17(21(4,5)6)8-10-19(15)18;1-5-6-10-7-8-11(9-10)12(2,3)4;1-2-8-6-4-3-5-7-8;/h7-13H,1-6H3;8-10H,5-6H2,1-4H3;3-7H,1H3;/q2*-1;;+2. The van der Waals surface area contributed by atoms with Crippen LogP contribution in [0.15, 0.2) is 90.5 Å². The van der Waals surface area contributed by atoms with Gasteiger partial charge in [0.25, 0.3) is 0 Å². The van der Waals surface area contributed by atoms with Crippen molar-refractivity contribution in [3.63, 3.8) is 0 Å². The molecule has 42 heavy (non-hydrogen) atoms. The molecule has 0 nitrogen and oxygen atoms in total. The second-order valence-electron chi connectivity index (χ2n) is 14.8. The Bertz CT molecular complexity index is 1470. The molecule has 0 saturated heterocycles. The molecule has 220 valence electrons. The van der Waals surface area contributed by atoms with E-state index in [4.69, 9.17) is 0 Å². The molecule has 1 aliphatic carbocycles. The van der Waals surface area contributed by atoms with E-state index in [0.717, 1.165) is 0 Å². The molecule has 0 amide bonds. The third kappa shape index (κ3) is 9.38. The van der Waals surface area contributed by atoms with Gasteiger partial charge in [0.2, 0.25) is 0 Å².